The molecule has 0 heterocycles. The van der Waals surface area contributed by atoms with Gasteiger partial charge in [0.2, 0.25) is 0 Å². The number of hydrogen-bond acceptors (Lipinski definition) is 2. The van der Waals surface area contributed by atoms with Gasteiger partial charge in [-0.05, 0) is 45.8 Å². The minimum atomic E-state index is 0.789. The first-order valence-electron chi connectivity index (χ1n) is 5.11. The lowest BCUT2D eigenvalue weighted by Crippen LogP contribution is -1.77. The summed E-state index contributed by atoms with van der Waals surface area (Å²) in [7, 11) is 0. The van der Waals surface area contributed by atoms with Crippen molar-refractivity contribution in [2.24, 2.45) is 0 Å². The fourth-order valence-corrected chi connectivity index (χ4v) is 2.28. The Balaban J connectivity index is 2.37. The molecule has 0 radical (unpaired) electrons. The van der Waals surface area contributed by atoms with Gasteiger partial charge in [-0.3, -0.25) is 0 Å². The van der Waals surface area contributed by atoms with Crippen molar-refractivity contribution in [3.05, 3.63) is 54.6 Å². The first-order chi connectivity index (χ1) is 7.86. The molecule has 0 atom stereocenters. The van der Waals surface area contributed by atoms with E-state index in [-0.39, 0.29) is 0 Å². The predicted molar refractivity (Wildman–Crippen MR) is 69.9 cm³/mol. The SMILES string of the molecule is OSc1ccc2cc3ccccc3cc2c1. The first kappa shape index (κ1) is 9.70. The summed E-state index contributed by atoms with van der Waals surface area (Å²) in [6.07, 6.45) is 0. The Morgan fingerprint density at radius 2 is 1.31 bits per heavy atom. The van der Waals surface area contributed by atoms with Crippen LogP contribution in [-0.2, 0) is 0 Å². The maximum absolute atomic E-state index is 9.03. The third kappa shape index (κ3) is 1.56. The minimum Gasteiger partial charge on any atom is -0.325 e. The quantitative estimate of drug-likeness (QED) is 0.485. The molecule has 0 amide bonds. The topological polar surface area (TPSA) is 20.2 Å². The van der Waals surface area contributed by atoms with Crippen molar-refractivity contribution < 1.29 is 4.55 Å². The molecule has 0 saturated heterocycles. The van der Waals surface area contributed by atoms with Gasteiger partial charge in [-0.25, -0.2) is 0 Å². The zero-order valence-electron chi connectivity index (χ0n) is 8.55. The molecule has 2 heteroatoms. The first-order valence-corrected chi connectivity index (χ1v) is 5.88. The van der Waals surface area contributed by atoms with Crippen LogP contribution in [0, 0.1) is 0 Å². The van der Waals surface area contributed by atoms with Crippen molar-refractivity contribution in [3.63, 3.8) is 0 Å². The van der Waals surface area contributed by atoms with E-state index in [2.05, 4.69) is 24.3 Å². The van der Waals surface area contributed by atoms with Gasteiger partial charge >= 0.3 is 0 Å². The average molecular weight is 226 g/mol. The van der Waals surface area contributed by atoms with Crippen molar-refractivity contribution in [1.29, 1.82) is 0 Å². The third-order valence-electron chi connectivity index (χ3n) is 2.78. The van der Waals surface area contributed by atoms with Crippen LogP contribution in [0.1, 0.15) is 0 Å². The van der Waals surface area contributed by atoms with E-state index in [0.717, 1.165) is 22.3 Å². The van der Waals surface area contributed by atoms with Crippen molar-refractivity contribution in [2.75, 3.05) is 0 Å². The Bertz CT molecular complexity index is 661. The molecule has 0 bridgehead atoms. The Morgan fingerprint density at radius 3 is 2.00 bits per heavy atom. The molecular weight excluding hydrogens is 216 g/mol. The largest absolute Gasteiger partial charge is 0.325 e. The molecule has 0 aromatic heterocycles. The Hall–Kier alpha value is -1.51. The fourth-order valence-electron chi connectivity index (χ4n) is 1.97. The zero-order chi connectivity index (χ0) is 11.0. The van der Waals surface area contributed by atoms with Gasteiger partial charge in [-0.2, -0.15) is 0 Å². The summed E-state index contributed by atoms with van der Waals surface area (Å²) in [6.45, 7) is 0. The second-order valence-electron chi connectivity index (χ2n) is 3.80. The van der Waals surface area contributed by atoms with Gasteiger partial charge in [0.05, 0.1) is 0 Å². The lowest BCUT2D eigenvalue weighted by molar-refractivity contribution is 0.664. The van der Waals surface area contributed by atoms with Crippen molar-refractivity contribution in [2.45, 2.75) is 4.90 Å². The smallest absolute Gasteiger partial charge is 0.0357 e. The number of hydrogen-bond donors (Lipinski definition) is 1. The summed E-state index contributed by atoms with van der Waals surface area (Å²) in [5, 5.41) is 4.85. The van der Waals surface area contributed by atoms with E-state index in [4.69, 9.17) is 4.55 Å². The molecule has 0 aliphatic heterocycles. The minimum absolute atomic E-state index is 0.789. The summed E-state index contributed by atoms with van der Waals surface area (Å²) in [5.74, 6) is 0. The lowest BCUT2D eigenvalue weighted by Gasteiger charge is -2.03. The van der Waals surface area contributed by atoms with E-state index < -0.39 is 0 Å². The van der Waals surface area contributed by atoms with E-state index in [1.807, 2.05) is 30.3 Å². The summed E-state index contributed by atoms with van der Waals surface area (Å²) in [5.41, 5.74) is 0. The van der Waals surface area contributed by atoms with Gasteiger partial charge in [-0.1, -0.05) is 30.3 Å². The van der Waals surface area contributed by atoms with Gasteiger partial charge < -0.3 is 4.55 Å². The molecule has 1 nitrogen and oxygen atoms in total. The van der Waals surface area contributed by atoms with Crippen LogP contribution in [0.3, 0.4) is 0 Å². The molecule has 16 heavy (non-hydrogen) atoms. The average Bonchev–Trinajstić information content (AvgIpc) is 2.35. The van der Waals surface area contributed by atoms with Gasteiger partial charge in [0.15, 0.2) is 0 Å². The van der Waals surface area contributed by atoms with Gasteiger partial charge in [-0.15, -0.1) is 0 Å². The summed E-state index contributed by atoms with van der Waals surface area (Å²) in [4.78, 5) is 0.878. The predicted octanol–water partition coefficient (Wildman–Crippen LogP) is 4.56. The van der Waals surface area contributed by atoms with Crippen LogP contribution < -0.4 is 0 Å². The Labute approximate surface area is 97.9 Å². The molecule has 0 fully saturated rings. The molecule has 3 aromatic carbocycles. The van der Waals surface area contributed by atoms with E-state index in [1.54, 1.807) is 0 Å². The highest BCUT2D eigenvalue weighted by atomic mass is 32.2. The normalized spacial score (nSPS) is 11.1. The second-order valence-corrected chi connectivity index (χ2v) is 4.45. The molecule has 3 rings (SSSR count). The highest BCUT2D eigenvalue weighted by Gasteiger charge is 1.99. The number of fused-ring (bicyclic) bond motifs is 2. The van der Waals surface area contributed by atoms with Crippen molar-refractivity contribution in [3.8, 4) is 0 Å². The summed E-state index contributed by atoms with van der Waals surface area (Å²) >= 11 is 0.789. The monoisotopic (exact) mass is 226 g/mol. The van der Waals surface area contributed by atoms with Crippen LogP contribution >= 0.6 is 12.0 Å². The van der Waals surface area contributed by atoms with E-state index in [0.29, 0.717) is 0 Å². The van der Waals surface area contributed by atoms with Gasteiger partial charge in [0.1, 0.15) is 0 Å². The lowest BCUT2D eigenvalue weighted by atomic mass is 10.0. The fraction of sp³-hybridized carbons (Fsp3) is 0. The Morgan fingerprint density at radius 1 is 0.688 bits per heavy atom. The molecule has 3 aromatic rings. The number of rotatable bonds is 1. The third-order valence-corrected chi connectivity index (χ3v) is 3.25. The van der Waals surface area contributed by atoms with Crippen molar-refractivity contribution in [1.82, 2.24) is 0 Å². The van der Waals surface area contributed by atoms with E-state index in [9.17, 15) is 0 Å². The van der Waals surface area contributed by atoms with Crippen LogP contribution in [0.15, 0.2) is 59.5 Å². The maximum atomic E-state index is 9.03. The van der Waals surface area contributed by atoms with Crippen LogP contribution in [0.25, 0.3) is 21.5 Å². The standard InChI is InChI=1S/C14H10OS/c15-16-14-6-5-12-7-10-3-1-2-4-11(10)8-13(12)9-14/h1-9,15H. The van der Waals surface area contributed by atoms with E-state index >= 15 is 0 Å². The van der Waals surface area contributed by atoms with Crippen LogP contribution in [0.4, 0.5) is 0 Å². The van der Waals surface area contributed by atoms with Gasteiger partial charge in [0, 0.05) is 16.9 Å². The maximum Gasteiger partial charge on any atom is 0.0357 e. The molecular formula is C14H10OS. The van der Waals surface area contributed by atoms with Crippen LogP contribution in [0.5, 0.6) is 0 Å². The van der Waals surface area contributed by atoms with Crippen molar-refractivity contribution >= 4 is 33.6 Å². The molecule has 78 valence electrons. The molecule has 1 N–H and O–H groups in total. The van der Waals surface area contributed by atoms with Crippen LogP contribution in [0.2, 0.25) is 0 Å². The number of benzene rings is 3. The van der Waals surface area contributed by atoms with Crippen LogP contribution in [-0.4, -0.2) is 4.55 Å². The molecule has 0 spiro atoms. The molecule has 0 unspecified atom stereocenters. The molecule has 0 saturated carbocycles. The van der Waals surface area contributed by atoms with E-state index in [1.165, 1.54) is 16.2 Å². The second kappa shape index (κ2) is 3.81. The summed E-state index contributed by atoms with van der Waals surface area (Å²) < 4.78 is 9.03. The van der Waals surface area contributed by atoms with Gasteiger partial charge in [0.25, 0.3) is 0 Å². The Kier molecular flexibility index (Phi) is 2.31. The molecule has 0 aliphatic rings. The summed E-state index contributed by atoms with van der Waals surface area (Å²) in [6, 6.07) is 18.6. The highest BCUT2D eigenvalue weighted by Crippen LogP contribution is 2.26. The molecule has 0 aliphatic carbocycles. The zero-order valence-corrected chi connectivity index (χ0v) is 9.37. The highest BCUT2D eigenvalue weighted by molar-refractivity contribution is 7.93.